The molecular formula is C26H32BrN5O6. The summed E-state index contributed by atoms with van der Waals surface area (Å²) in [6.07, 6.45) is 1.61. The van der Waals surface area contributed by atoms with Crippen LogP contribution in [0.15, 0.2) is 36.9 Å². The van der Waals surface area contributed by atoms with E-state index in [1.54, 1.807) is 10.8 Å². The summed E-state index contributed by atoms with van der Waals surface area (Å²) < 4.78 is 7.96. The van der Waals surface area contributed by atoms with Crippen molar-refractivity contribution in [2.24, 2.45) is 17.8 Å². The SMILES string of the molecule is C=CCN(Cn1nnc2ccccc21)C(=O)C1N([C@@H](CO)CC(C)C)C(=O)[C@@H]2[C@@H](C(=O)O)[C@@H]3OC12CC3Br. The van der Waals surface area contributed by atoms with Gasteiger partial charge in [0, 0.05) is 11.4 Å². The molecule has 1 aromatic carbocycles. The Balaban J connectivity index is 1.58. The Kier molecular flexibility index (Phi) is 7.08. The number of alkyl halides is 1. The summed E-state index contributed by atoms with van der Waals surface area (Å²) in [6, 6.07) is 5.60. The van der Waals surface area contributed by atoms with Crippen molar-refractivity contribution in [3.8, 4) is 0 Å². The molecule has 3 saturated heterocycles. The molecule has 2 aromatic rings. The van der Waals surface area contributed by atoms with Crippen molar-refractivity contribution in [1.29, 1.82) is 0 Å². The quantitative estimate of drug-likeness (QED) is 0.315. The molecule has 1 aromatic heterocycles. The van der Waals surface area contributed by atoms with Crippen molar-refractivity contribution in [3.63, 3.8) is 0 Å². The van der Waals surface area contributed by atoms with E-state index in [0.29, 0.717) is 18.4 Å². The van der Waals surface area contributed by atoms with Gasteiger partial charge in [-0.3, -0.25) is 14.4 Å². The van der Waals surface area contributed by atoms with Gasteiger partial charge in [0.05, 0.1) is 36.1 Å². The molecule has 0 aliphatic carbocycles. The standard InChI is InChI=1S/C26H32BrN5O6/c1-4-9-30(13-31-18-8-6-5-7-17(18)28-29-31)24(35)22-26-11-16(27)21(38-26)19(25(36)37)20(26)23(34)32(22)15(12-33)10-14(2)3/h4-8,14-16,19-22,33H,1,9-13H2,2-3H3,(H,36,37)/t15-,16?,19-,20+,21-,22?,26?/m1/s1. The maximum Gasteiger partial charge on any atom is 0.310 e. The highest BCUT2D eigenvalue weighted by molar-refractivity contribution is 9.09. The highest BCUT2D eigenvalue weighted by Gasteiger charge is 2.77. The van der Waals surface area contributed by atoms with E-state index in [2.05, 4.69) is 32.8 Å². The summed E-state index contributed by atoms with van der Waals surface area (Å²) in [6.45, 7) is 7.59. The third-order valence-corrected chi connectivity index (χ3v) is 8.82. The molecule has 0 radical (unpaired) electrons. The third-order valence-electron chi connectivity index (χ3n) is 7.98. The van der Waals surface area contributed by atoms with Crippen molar-refractivity contribution in [1.82, 2.24) is 24.8 Å². The normalized spacial score (nSPS) is 30.7. The second-order valence-electron chi connectivity index (χ2n) is 10.8. The van der Waals surface area contributed by atoms with Gasteiger partial charge in [0.15, 0.2) is 0 Å². The molecule has 5 rings (SSSR count). The monoisotopic (exact) mass is 589 g/mol. The van der Waals surface area contributed by atoms with E-state index in [9.17, 15) is 24.6 Å². The first kappa shape index (κ1) is 26.8. The van der Waals surface area contributed by atoms with Crippen LogP contribution >= 0.6 is 15.9 Å². The molecule has 7 atom stereocenters. The molecule has 11 nitrogen and oxygen atoms in total. The minimum Gasteiger partial charge on any atom is -0.481 e. The molecule has 4 heterocycles. The Morgan fingerprint density at radius 2 is 2.11 bits per heavy atom. The lowest BCUT2D eigenvalue weighted by Gasteiger charge is -2.39. The Morgan fingerprint density at radius 3 is 2.76 bits per heavy atom. The number of carboxylic acid groups (broad SMARTS) is 1. The summed E-state index contributed by atoms with van der Waals surface area (Å²) in [5, 5.41) is 28.8. The number of hydrogen-bond acceptors (Lipinski definition) is 7. The second kappa shape index (κ2) is 10.0. The van der Waals surface area contributed by atoms with Crippen molar-refractivity contribution in [2.75, 3.05) is 13.2 Å². The van der Waals surface area contributed by atoms with Crippen molar-refractivity contribution < 1.29 is 29.3 Å². The molecule has 0 saturated carbocycles. The van der Waals surface area contributed by atoms with E-state index in [0.717, 1.165) is 5.52 Å². The third kappa shape index (κ3) is 4.04. The fourth-order valence-corrected chi connectivity index (χ4v) is 7.51. The number of nitrogens with zero attached hydrogens (tertiary/aromatic N) is 5. The molecule has 2 amide bonds. The lowest BCUT2D eigenvalue weighted by Crippen LogP contribution is -2.59. The zero-order chi connectivity index (χ0) is 27.4. The summed E-state index contributed by atoms with van der Waals surface area (Å²) in [7, 11) is 0. The summed E-state index contributed by atoms with van der Waals surface area (Å²) >= 11 is 3.56. The van der Waals surface area contributed by atoms with E-state index in [-0.39, 0.29) is 30.6 Å². The average Bonchev–Trinajstić information content (AvgIpc) is 3.59. The van der Waals surface area contributed by atoms with Gasteiger partial charge < -0.3 is 24.7 Å². The lowest BCUT2D eigenvalue weighted by atomic mass is 9.70. The number of para-hydroxylation sites is 1. The molecule has 204 valence electrons. The van der Waals surface area contributed by atoms with Crippen molar-refractivity contribution >= 4 is 44.7 Å². The highest BCUT2D eigenvalue weighted by atomic mass is 79.9. The minimum absolute atomic E-state index is 0.0438. The van der Waals surface area contributed by atoms with Crippen LogP contribution in [0.1, 0.15) is 26.7 Å². The zero-order valence-electron chi connectivity index (χ0n) is 21.3. The van der Waals surface area contributed by atoms with Crippen LogP contribution < -0.4 is 0 Å². The number of carbonyl (C=O) groups is 3. The second-order valence-corrected chi connectivity index (χ2v) is 12.0. The predicted molar refractivity (Wildman–Crippen MR) is 140 cm³/mol. The molecule has 12 heteroatoms. The van der Waals surface area contributed by atoms with Gasteiger partial charge in [0.25, 0.3) is 0 Å². The number of rotatable bonds is 10. The number of hydrogen-bond donors (Lipinski definition) is 2. The number of halogens is 1. The summed E-state index contributed by atoms with van der Waals surface area (Å²) in [4.78, 5) is 43.4. The van der Waals surface area contributed by atoms with Gasteiger partial charge in [0.1, 0.15) is 23.8 Å². The van der Waals surface area contributed by atoms with E-state index < -0.39 is 53.4 Å². The number of fused-ring (bicyclic) bond motifs is 2. The molecule has 3 aliphatic heterocycles. The molecule has 3 aliphatic rings. The van der Waals surface area contributed by atoms with Gasteiger partial charge in [-0.05, 0) is 30.9 Å². The summed E-state index contributed by atoms with van der Waals surface area (Å²) in [5.74, 6) is -3.99. The smallest absolute Gasteiger partial charge is 0.310 e. The number of carboxylic acids is 1. The number of carbonyl (C=O) groups excluding carboxylic acids is 2. The number of amides is 2. The van der Waals surface area contributed by atoms with Crippen LogP contribution in [0.4, 0.5) is 0 Å². The first-order valence-corrected chi connectivity index (χ1v) is 13.7. The van der Waals surface area contributed by atoms with Crippen LogP contribution in [0.3, 0.4) is 0 Å². The highest BCUT2D eigenvalue weighted by Crippen LogP contribution is 2.60. The fraction of sp³-hybridized carbons (Fsp3) is 0.577. The van der Waals surface area contributed by atoms with Crippen LogP contribution in [-0.4, -0.2) is 94.6 Å². The lowest BCUT2D eigenvalue weighted by molar-refractivity contribution is -0.154. The van der Waals surface area contributed by atoms with Crippen LogP contribution in [0, 0.1) is 17.8 Å². The van der Waals surface area contributed by atoms with Gasteiger partial charge in [-0.2, -0.15) is 0 Å². The van der Waals surface area contributed by atoms with Crippen molar-refractivity contribution in [2.45, 2.75) is 62.0 Å². The number of ether oxygens (including phenoxy) is 1. The van der Waals surface area contributed by atoms with Crippen LogP contribution in [0.2, 0.25) is 0 Å². The first-order valence-electron chi connectivity index (χ1n) is 12.8. The number of aromatic nitrogens is 3. The molecule has 3 fully saturated rings. The van der Waals surface area contributed by atoms with Gasteiger partial charge in [-0.25, -0.2) is 4.68 Å². The van der Waals surface area contributed by atoms with Crippen LogP contribution in [-0.2, 0) is 25.8 Å². The van der Waals surface area contributed by atoms with Crippen LogP contribution in [0.25, 0.3) is 11.0 Å². The first-order chi connectivity index (χ1) is 18.1. The molecule has 2 N–H and O–H groups in total. The largest absolute Gasteiger partial charge is 0.481 e. The van der Waals surface area contributed by atoms with Gasteiger partial charge in [-0.15, -0.1) is 11.7 Å². The van der Waals surface area contributed by atoms with Crippen LogP contribution in [0.5, 0.6) is 0 Å². The number of aliphatic hydroxyl groups is 1. The Bertz CT molecular complexity index is 1270. The topological polar surface area (TPSA) is 138 Å². The Morgan fingerprint density at radius 1 is 1.37 bits per heavy atom. The van der Waals surface area contributed by atoms with Crippen molar-refractivity contribution in [3.05, 3.63) is 36.9 Å². The van der Waals surface area contributed by atoms with Gasteiger partial charge in [-0.1, -0.05) is 53.2 Å². The molecular weight excluding hydrogens is 558 g/mol. The van der Waals surface area contributed by atoms with E-state index in [1.165, 1.54) is 9.80 Å². The molecule has 2 bridgehead atoms. The molecule has 38 heavy (non-hydrogen) atoms. The number of benzene rings is 1. The maximum absolute atomic E-state index is 14.5. The van der Waals surface area contributed by atoms with E-state index in [4.69, 9.17) is 4.74 Å². The predicted octanol–water partition coefficient (Wildman–Crippen LogP) is 1.64. The molecule has 3 unspecified atom stereocenters. The van der Waals surface area contributed by atoms with Gasteiger partial charge in [0.2, 0.25) is 11.8 Å². The zero-order valence-corrected chi connectivity index (χ0v) is 22.9. The van der Waals surface area contributed by atoms with E-state index >= 15 is 0 Å². The fourth-order valence-electron chi connectivity index (χ4n) is 6.57. The number of aliphatic carboxylic acids is 1. The maximum atomic E-state index is 14.5. The Hall–Kier alpha value is -2.83. The summed E-state index contributed by atoms with van der Waals surface area (Å²) in [5.41, 5.74) is 0.0863. The number of aliphatic hydroxyl groups excluding tert-OH is 1. The van der Waals surface area contributed by atoms with E-state index in [1.807, 2.05) is 38.1 Å². The van der Waals surface area contributed by atoms with Gasteiger partial charge >= 0.3 is 5.97 Å². The average molecular weight is 590 g/mol. The molecule has 1 spiro atoms. The minimum atomic E-state index is -1.33. The number of likely N-dealkylation sites (tertiary alicyclic amines) is 1. The Labute approximate surface area is 228 Å².